The van der Waals surface area contributed by atoms with Crippen molar-refractivity contribution in [3.63, 3.8) is 0 Å². The molecule has 2 rings (SSSR count). The second-order valence-corrected chi connectivity index (χ2v) is 4.23. The lowest BCUT2D eigenvalue weighted by Gasteiger charge is -2.07. The number of carbonyl (C=O) groups excluding carboxylic acids is 1. The molecule has 0 atom stereocenters. The number of pyridine rings is 1. The molecule has 92 valence electrons. The summed E-state index contributed by atoms with van der Waals surface area (Å²) in [6.45, 7) is 3.84. The molecule has 1 aromatic carbocycles. The molecule has 1 heterocycles. The summed E-state index contributed by atoms with van der Waals surface area (Å²) in [4.78, 5) is 16.4. The van der Waals surface area contributed by atoms with Crippen molar-refractivity contribution in [1.82, 2.24) is 4.98 Å². The number of aryl methyl sites for hydroxylation is 2. The molecule has 0 radical (unpaired) electrons. The van der Waals surface area contributed by atoms with Gasteiger partial charge in [0.2, 0.25) is 5.78 Å². The summed E-state index contributed by atoms with van der Waals surface area (Å²) >= 11 is 0. The van der Waals surface area contributed by atoms with E-state index in [-0.39, 0.29) is 5.78 Å². The Hall–Kier alpha value is -2.16. The molecule has 0 unspecified atom stereocenters. The third kappa shape index (κ3) is 2.40. The number of ketones is 1. The van der Waals surface area contributed by atoms with E-state index in [1.54, 1.807) is 31.5 Å². The van der Waals surface area contributed by atoms with Crippen LogP contribution in [0.1, 0.15) is 27.2 Å². The number of carbonyl (C=O) groups is 1. The number of nitrogens with zero attached hydrogens (tertiary/aromatic N) is 1. The van der Waals surface area contributed by atoms with E-state index in [0.29, 0.717) is 11.3 Å². The number of benzene rings is 1. The molecule has 0 bridgehead atoms. The van der Waals surface area contributed by atoms with Crippen LogP contribution in [0.2, 0.25) is 0 Å². The van der Waals surface area contributed by atoms with Crippen molar-refractivity contribution in [2.45, 2.75) is 13.8 Å². The standard InChI is InChI=1S/C15H15NO2/c1-10-6-7-16-14(8-10)15(17)13-5-4-12(18-3)9-11(13)2/h4-9H,1-3H3. The van der Waals surface area contributed by atoms with Crippen molar-refractivity contribution in [3.8, 4) is 5.75 Å². The monoisotopic (exact) mass is 241 g/mol. The zero-order valence-electron chi connectivity index (χ0n) is 10.7. The van der Waals surface area contributed by atoms with Crippen LogP contribution in [0.3, 0.4) is 0 Å². The van der Waals surface area contributed by atoms with Crippen molar-refractivity contribution >= 4 is 5.78 Å². The maximum Gasteiger partial charge on any atom is 0.211 e. The maximum atomic E-state index is 12.3. The minimum Gasteiger partial charge on any atom is -0.497 e. The summed E-state index contributed by atoms with van der Waals surface area (Å²) in [6.07, 6.45) is 1.65. The first-order chi connectivity index (χ1) is 8.61. The molecule has 0 fully saturated rings. The van der Waals surface area contributed by atoms with E-state index in [1.807, 2.05) is 26.0 Å². The maximum absolute atomic E-state index is 12.3. The second kappa shape index (κ2) is 5.00. The predicted molar refractivity (Wildman–Crippen MR) is 70.1 cm³/mol. The van der Waals surface area contributed by atoms with Crippen LogP contribution >= 0.6 is 0 Å². The first kappa shape index (κ1) is 12.3. The zero-order chi connectivity index (χ0) is 13.1. The van der Waals surface area contributed by atoms with Gasteiger partial charge in [-0.2, -0.15) is 0 Å². The number of hydrogen-bond donors (Lipinski definition) is 0. The first-order valence-electron chi connectivity index (χ1n) is 5.74. The molecule has 2 aromatic rings. The Kier molecular flexibility index (Phi) is 3.42. The Labute approximate surface area is 106 Å². The third-order valence-corrected chi connectivity index (χ3v) is 2.83. The number of methoxy groups -OCH3 is 1. The molecular formula is C15H15NO2. The zero-order valence-corrected chi connectivity index (χ0v) is 10.7. The Morgan fingerprint density at radius 1 is 1.17 bits per heavy atom. The van der Waals surface area contributed by atoms with Crippen LogP contribution in [0.4, 0.5) is 0 Å². The molecule has 18 heavy (non-hydrogen) atoms. The molecule has 0 amide bonds. The molecule has 0 spiro atoms. The van der Waals surface area contributed by atoms with Crippen molar-refractivity contribution < 1.29 is 9.53 Å². The molecule has 0 aliphatic carbocycles. The van der Waals surface area contributed by atoms with E-state index in [0.717, 1.165) is 16.9 Å². The van der Waals surface area contributed by atoms with Gasteiger partial charge in [-0.25, -0.2) is 0 Å². The predicted octanol–water partition coefficient (Wildman–Crippen LogP) is 2.94. The van der Waals surface area contributed by atoms with Gasteiger partial charge in [-0.15, -0.1) is 0 Å². The Morgan fingerprint density at radius 3 is 2.56 bits per heavy atom. The molecule has 0 aliphatic rings. The number of ether oxygens (including phenoxy) is 1. The first-order valence-corrected chi connectivity index (χ1v) is 5.74. The van der Waals surface area contributed by atoms with Gasteiger partial charge in [0, 0.05) is 11.8 Å². The third-order valence-electron chi connectivity index (χ3n) is 2.83. The second-order valence-electron chi connectivity index (χ2n) is 4.23. The van der Waals surface area contributed by atoms with E-state index in [1.165, 1.54) is 0 Å². The normalized spacial score (nSPS) is 10.2. The van der Waals surface area contributed by atoms with Crippen LogP contribution in [0.15, 0.2) is 36.5 Å². The molecule has 0 saturated carbocycles. The van der Waals surface area contributed by atoms with Gasteiger partial charge >= 0.3 is 0 Å². The molecule has 0 N–H and O–H groups in total. The molecule has 0 aliphatic heterocycles. The SMILES string of the molecule is COc1ccc(C(=O)c2cc(C)ccn2)c(C)c1. The van der Waals surface area contributed by atoms with Crippen LogP contribution in [0.5, 0.6) is 5.75 Å². The number of aromatic nitrogens is 1. The van der Waals surface area contributed by atoms with Gasteiger partial charge in [-0.1, -0.05) is 0 Å². The van der Waals surface area contributed by atoms with E-state index >= 15 is 0 Å². The summed E-state index contributed by atoms with van der Waals surface area (Å²) in [5.41, 5.74) is 3.05. The molecule has 0 saturated heterocycles. The highest BCUT2D eigenvalue weighted by molar-refractivity contribution is 6.08. The van der Waals surface area contributed by atoms with Gasteiger partial charge in [0.15, 0.2) is 0 Å². The Morgan fingerprint density at radius 2 is 1.94 bits per heavy atom. The van der Waals surface area contributed by atoms with E-state index in [4.69, 9.17) is 4.74 Å². The summed E-state index contributed by atoms with van der Waals surface area (Å²) in [7, 11) is 1.61. The molecule has 3 heteroatoms. The van der Waals surface area contributed by atoms with Crippen molar-refractivity contribution in [2.24, 2.45) is 0 Å². The van der Waals surface area contributed by atoms with Crippen LogP contribution in [0, 0.1) is 13.8 Å². The summed E-state index contributed by atoms with van der Waals surface area (Å²) in [5, 5.41) is 0. The average Bonchev–Trinajstić information content (AvgIpc) is 2.37. The van der Waals surface area contributed by atoms with Gasteiger partial charge in [0.1, 0.15) is 11.4 Å². The quantitative estimate of drug-likeness (QED) is 0.775. The lowest BCUT2D eigenvalue weighted by atomic mass is 10.0. The topological polar surface area (TPSA) is 39.2 Å². The van der Waals surface area contributed by atoms with Crippen LogP contribution in [-0.4, -0.2) is 17.9 Å². The Bertz CT molecular complexity index is 591. The van der Waals surface area contributed by atoms with Gasteiger partial charge in [0.25, 0.3) is 0 Å². The highest BCUT2D eigenvalue weighted by atomic mass is 16.5. The lowest BCUT2D eigenvalue weighted by molar-refractivity contribution is 0.103. The smallest absolute Gasteiger partial charge is 0.211 e. The van der Waals surface area contributed by atoms with Crippen molar-refractivity contribution in [2.75, 3.05) is 7.11 Å². The summed E-state index contributed by atoms with van der Waals surface area (Å²) in [6, 6.07) is 9.09. The van der Waals surface area contributed by atoms with E-state index in [9.17, 15) is 4.79 Å². The van der Waals surface area contributed by atoms with E-state index < -0.39 is 0 Å². The highest BCUT2D eigenvalue weighted by Crippen LogP contribution is 2.19. The summed E-state index contributed by atoms with van der Waals surface area (Å²) in [5.74, 6) is 0.695. The van der Waals surface area contributed by atoms with Gasteiger partial charge in [-0.05, 0) is 55.3 Å². The minimum atomic E-state index is -0.0566. The average molecular weight is 241 g/mol. The van der Waals surface area contributed by atoms with Crippen LogP contribution in [-0.2, 0) is 0 Å². The highest BCUT2D eigenvalue weighted by Gasteiger charge is 2.13. The lowest BCUT2D eigenvalue weighted by Crippen LogP contribution is -2.06. The van der Waals surface area contributed by atoms with Gasteiger partial charge < -0.3 is 4.74 Å². The fourth-order valence-corrected chi connectivity index (χ4v) is 1.82. The van der Waals surface area contributed by atoms with Crippen molar-refractivity contribution in [1.29, 1.82) is 0 Å². The number of rotatable bonds is 3. The molecule has 3 nitrogen and oxygen atoms in total. The van der Waals surface area contributed by atoms with E-state index in [2.05, 4.69) is 4.98 Å². The molecular weight excluding hydrogens is 226 g/mol. The summed E-state index contributed by atoms with van der Waals surface area (Å²) < 4.78 is 5.13. The van der Waals surface area contributed by atoms with Gasteiger partial charge in [-0.3, -0.25) is 9.78 Å². The van der Waals surface area contributed by atoms with Crippen LogP contribution < -0.4 is 4.74 Å². The fraction of sp³-hybridized carbons (Fsp3) is 0.200. The Balaban J connectivity index is 2.40. The molecule has 1 aromatic heterocycles. The van der Waals surface area contributed by atoms with Gasteiger partial charge in [0.05, 0.1) is 7.11 Å². The van der Waals surface area contributed by atoms with Crippen molar-refractivity contribution in [3.05, 3.63) is 58.9 Å². The number of hydrogen-bond acceptors (Lipinski definition) is 3. The minimum absolute atomic E-state index is 0.0566. The van der Waals surface area contributed by atoms with Crippen LogP contribution in [0.25, 0.3) is 0 Å². The largest absolute Gasteiger partial charge is 0.497 e. The fourth-order valence-electron chi connectivity index (χ4n) is 1.82.